The third kappa shape index (κ3) is 11.8. The summed E-state index contributed by atoms with van der Waals surface area (Å²) in [6, 6.07) is 12.4. The molecule has 1 saturated carbocycles. The lowest BCUT2D eigenvalue weighted by Crippen LogP contribution is -2.36. The van der Waals surface area contributed by atoms with Crippen molar-refractivity contribution in [1.29, 1.82) is 5.41 Å². The van der Waals surface area contributed by atoms with Gasteiger partial charge in [0.25, 0.3) is 0 Å². The highest BCUT2D eigenvalue weighted by atomic mass is 32.2. The van der Waals surface area contributed by atoms with Crippen molar-refractivity contribution in [2.24, 2.45) is 0 Å². The number of carboxylic acid groups (broad SMARTS) is 1. The Morgan fingerprint density at radius 3 is 2.08 bits per heavy atom. The van der Waals surface area contributed by atoms with Crippen LogP contribution in [0, 0.1) is 5.41 Å². The first-order chi connectivity index (χ1) is 19.0. The van der Waals surface area contributed by atoms with Crippen molar-refractivity contribution in [3.05, 3.63) is 48.0 Å². The number of hydrogen-bond donors (Lipinski definition) is 3. The van der Waals surface area contributed by atoms with Crippen molar-refractivity contribution in [1.82, 2.24) is 4.31 Å². The van der Waals surface area contributed by atoms with Crippen LogP contribution in [0.25, 0.3) is 0 Å². The molecule has 216 valence electrons. The van der Waals surface area contributed by atoms with E-state index in [9.17, 15) is 9.32 Å². The maximum absolute atomic E-state index is 11.7. The number of ether oxygens (including phenoxy) is 1. The summed E-state index contributed by atoms with van der Waals surface area (Å²) in [5.74, 6) is -0.766. The fourth-order valence-corrected chi connectivity index (χ4v) is 4.82. The van der Waals surface area contributed by atoms with Crippen LogP contribution in [0.15, 0.2) is 47.4 Å². The Kier molecular flexibility index (Phi) is 15.3. The topological polar surface area (TPSA) is 112 Å². The molecule has 0 bridgehead atoms. The van der Waals surface area contributed by atoms with Gasteiger partial charge in [-0.05, 0) is 67.3 Å². The van der Waals surface area contributed by atoms with Crippen LogP contribution in [-0.2, 0) is 9.53 Å². The van der Waals surface area contributed by atoms with Crippen molar-refractivity contribution in [3.8, 4) is 5.75 Å². The van der Waals surface area contributed by atoms with Crippen LogP contribution in [-0.4, -0.2) is 60.5 Å². The second-order valence-corrected chi connectivity index (χ2v) is 10.3. The molecule has 10 heteroatoms. The van der Waals surface area contributed by atoms with Crippen molar-refractivity contribution >= 4 is 35.0 Å². The van der Waals surface area contributed by atoms with Crippen LogP contribution in [0.4, 0.5) is 15.9 Å². The predicted octanol–water partition coefficient (Wildman–Crippen LogP) is 6.59. The molecule has 0 atom stereocenters. The van der Waals surface area contributed by atoms with Gasteiger partial charge in [-0.25, -0.2) is 4.31 Å². The molecule has 39 heavy (non-hydrogen) atoms. The zero-order valence-corrected chi connectivity index (χ0v) is 24.0. The van der Waals surface area contributed by atoms with Gasteiger partial charge in [0.05, 0.1) is 25.3 Å². The number of morpholine rings is 1. The van der Waals surface area contributed by atoms with Crippen molar-refractivity contribution in [2.45, 2.75) is 63.7 Å². The molecule has 0 amide bonds. The van der Waals surface area contributed by atoms with Gasteiger partial charge in [0, 0.05) is 52.5 Å². The van der Waals surface area contributed by atoms with E-state index >= 15 is 0 Å². The predicted molar refractivity (Wildman–Crippen MR) is 158 cm³/mol. The molecule has 2 aliphatic heterocycles. The van der Waals surface area contributed by atoms with Crippen molar-refractivity contribution < 1.29 is 24.1 Å². The molecule has 3 aliphatic rings. The first-order valence-electron chi connectivity index (χ1n) is 13.8. The quantitative estimate of drug-likeness (QED) is 0.197. The molecule has 2 aromatic carbocycles. The Hall–Kier alpha value is -2.82. The number of carbonyl (C=O) groups is 1. The van der Waals surface area contributed by atoms with Crippen molar-refractivity contribution in [2.75, 3.05) is 50.0 Å². The number of nitrogens with two attached hydrogens (primary N) is 1. The summed E-state index contributed by atoms with van der Waals surface area (Å²) in [4.78, 5) is 17.5. The summed E-state index contributed by atoms with van der Waals surface area (Å²) in [7, 11) is 0. The molecule has 4 N–H and O–H groups in total. The van der Waals surface area contributed by atoms with Crippen molar-refractivity contribution in [3.63, 3.8) is 0 Å². The maximum Gasteiger partial charge on any atom is 0.309 e. The van der Waals surface area contributed by atoms with E-state index in [4.69, 9.17) is 21.0 Å². The largest absolute Gasteiger partial charge is 0.481 e. The molecule has 5 rings (SSSR count). The second kappa shape index (κ2) is 18.5. The standard InChI is InChI=1S/C13H17N3O3.C10H12FNOS.C4H8.C2H6/c14-11-7-9(16-3-5-19-6-4-16)1-2-10(11)12(15)8-13(17)18;11-13-9-3-5-10(6-4-9)14-12-7-1-2-8-12;1-2-4-3-1;1-2/h1-2,7,15H,3-6,8,14H2,(H,17,18);3-6H,1-2,7-8H2;1-4H2;1-2H3. The van der Waals surface area contributed by atoms with E-state index < -0.39 is 5.97 Å². The van der Waals surface area contributed by atoms with Gasteiger partial charge in [0.1, 0.15) is 0 Å². The lowest BCUT2D eigenvalue weighted by molar-refractivity contribution is -0.135. The number of nitrogen functional groups attached to an aromatic ring is 1. The molecule has 0 aromatic heterocycles. The molecule has 0 radical (unpaired) electrons. The molecule has 3 fully saturated rings. The first kappa shape index (κ1) is 32.4. The van der Waals surface area contributed by atoms with Crippen LogP contribution >= 0.6 is 11.9 Å². The monoisotopic (exact) mass is 562 g/mol. The number of hydrogen-bond acceptors (Lipinski definition) is 8. The fourth-order valence-electron chi connectivity index (χ4n) is 3.82. The minimum atomic E-state index is -1.03. The highest BCUT2D eigenvalue weighted by molar-refractivity contribution is 7.97. The molecular formula is C29H43FN4O4S. The summed E-state index contributed by atoms with van der Waals surface area (Å²) in [6.07, 6.45) is 8.23. The van der Waals surface area contributed by atoms with E-state index in [1.807, 2.05) is 32.0 Å². The van der Waals surface area contributed by atoms with Gasteiger partial charge in [-0.15, -0.1) is 0 Å². The Morgan fingerprint density at radius 1 is 1.00 bits per heavy atom. The molecule has 1 aliphatic carbocycles. The molecule has 2 saturated heterocycles. The molecular weight excluding hydrogens is 519 g/mol. The number of benzene rings is 2. The zero-order valence-electron chi connectivity index (χ0n) is 23.2. The summed E-state index contributed by atoms with van der Waals surface area (Å²) >= 11 is 1.73. The van der Waals surface area contributed by atoms with Gasteiger partial charge >= 0.3 is 5.97 Å². The first-order valence-corrected chi connectivity index (χ1v) is 14.6. The Bertz CT molecular complexity index is 989. The van der Waals surface area contributed by atoms with Gasteiger partial charge in [-0.1, -0.05) is 39.5 Å². The van der Waals surface area contributed by atoms with E-state index in [2.05, 4.69) is 14.1 Å². The maximum atomic E-state index is 11.7. The summed E-state index contributed by atoms with van der Waals surface area (Å²) in [6.45, 7) is 9.29. The number of anilines is 2. The SMILES string of the molecule is C1CCC1.CC.FOc1ccc(SN2CCCC2)cc1.N=C(CC(=O)O)c1ccc(N2CCOCC2)cc1N. The van der Waals surface area contributed by atoms with E-state index in [-0.39, 0.29) is 17.9 Å². The number of halogens is 1. The van der Waals surface area contributed by atoms with Gasteiger partial charge in [0.15, 0.2) is 5.75 Å². The number of rotatable bonds is 7. The second-order valence-electron chi connectivity index (χ2n) is 9.11. The van der Waals surface area contributed by atoms with Gasteiger partial charge in [0.2, 0.25) is 0 Å². The highest BCUT2D eigenvalue weighted by Gasteiger charge is 2.15. The average Bonchev–Trinajstić information content (AvgIpc) is 3.43. The number of nitrogens with zero attached hydrogens (tertiary/aromatic N) is 2. The molecule has 2 aromatic rings. The molecule has 0 unspecified atom stereocenters. The van der Waals surface area contributed by atoms with Crippen LogP contribution < -0.4 is 15.6 Å². The van der Waals surface area contributed by atoms with Gasteiger partial charge in [-0.3, -0.25) is 9.74 Å². The average molecular weight is 563 g/mol. The smallest absolute Gasteiger partial charge is 0.309 e. The third-order valence-electron chi connectivity index (χ3n) is 6.28. The molecule has 0 spiro atoms. The fraction of sp³-hybridized carbons (Fsp3) is 0.517. The molecule has 8 nitrogen and oxygen atoms in total. The van der Waals surface area contributed by atoms with Crippen LogP contribution in [0.1, 0.15) is 64.4 Å². The van der Waals surface area contributed by atoms with Gasteiger partial charge < -0.3 is 25.9 Å². The zero-order chi connectivity index (χ0) is 28.5. The molecule has 2 heterocycles. The summed E-state index contributed by atoms with van der Waals surface area (Å²) < 4.78 is 19.4. The third-order valence-corrected chi connectivity index (χ3v) is 7.38. The van der Waals surface area contributed by atoms with Crippen LogP contribution in [0.3, 0.4) is 0 Å². The number of carboxylic acids is 1. The Labute approximate surface area is 236 Å². The summed E-state index contributed by atoms with van der Waals surface area (Å²) in [5.41, 5.74) is 7.84. The Balaban J connectivity index is 0.000000232. The van der Waals surface area contributed by atoms with Gasteiger partial charge in [-0.2, -0.15) is 0 Å². The van der Waals surface area contributed by atoms with E-state index in [0.717, 1.165) is 36.8 Å². The van der Waals surface area contributed by atoms with E-state index in [1.165, 1.54) is 38.5 Å². The number of aliphatic carboxylic acids is 1. The minimum absolute atomic E-state index is 0.0264. The van der Waals surface area contributed by atoms with Crippen LogP contribution in [0.2, 0.25) is 0 Å². The van der Waals surface area contributed by atoms with E-state index in [0.29, 0.717) is 24.5 Å². The Morgan fingerprint density at radius 2 is 1.59 bits per heavy atom. The lowest BCUT2D eigenvalue weighted by atomic mass is 10.0. The lowest BCUT2D eigenvalue weighted by Gasteiger charge is -2.29. The normalized spacial score (nSPS) is 16.2. The van der Waals surface area contributed by atoms with E-state index in [1.54, 1.807) is 36.2 Å². The highest BCUT2D eigenvalue weighted by Crippen LogP contribution is 2.28. The van der Waals surface area contributed by atoms with Crippen LogP contribution in [0.5, 0.6) is 5.75 Å². The minimum Gasteiger partial charge on any atom is -0.481 e. The number of nitrogens with one attached hydrogen (secondary N) is 1. The summed E-state index contributed by atoms with van der Waals surface area (Å²) in [5, 5.41) is 16.4.